The molecular weight excluding hydrogens is 144 g/mol. The largest absolute Gasteiger partial charge is 0.366 e. The van der Waals surface area contributed by atoms with Gasteiger partial charge in [0.1, 0.15) is 0 Å². The summed E-state index contributed by atoms with van der Waals surface area (Å²) < 4.78 is 0. The van der Waals surface area contributed by atoms with Crippen LogP contribution in [0.1, 0.15) is 13.8 Å². The molecule has 0 aliphatic rings. The minimum Gasteiger partial charge on any atom is -0.366 e. The van der Waals surface area contributed by atoms with Gasteiger partial charge in [0.2, 0.25) is 11.8 Å². The second kappa shape index (κ2) is 3.75. The Labute approximate surface area is 65.2 Å². The first-order chi connectivity index (χ1) is 4.95. The number of nitrogens with two attached hydrogens (primary N) is 2. The van der Waals surface area contributed by atoms with E-state index in [-0.39, 0.29) is 11.5 Å². The van der Waals surface area contributed by atoms with Gasteiger partial charge >= 0.3 is 0 Å². The maximum atomic E-state index is 10.6. The van der Waals surface area contributed by atoms with Gasteiger partial charge in [-0.25, -0.2) is 0 Å². The van der Waals surface area contributed by atoms with E-state index >= 15 is 0 Å². The van der Waals surface area contributed by atoms with Crippen molar-refractivity contribution in [2.24, 2.45) is 17.4 Å². The van der Waals surface area contributed by atoms with E-state index in [1.165, 1.54) is 0 Å². The van der Waals surface area contributed by atoms with Crippen molar-refractivity contribution in [1.82, 2.24) is 0 Å². The van der Waals surface area contributed by atoms with E-state index in [2.05, 4.69) is 0 Å². The molecule has 0 fully saturated rings. The second-order valence-electron chi connectivity index (χ2n) is 2.52. The summed E-state index contributed by atoms with van der Waals surface area (Å²) in [6.45, 7) is 3.53. The van der Waals surface area contributed by atoms with Crippen LogP contribution in [0, 0.1) is 5.92 Å². The lowest BCUT2D eigenvalue weighted by Crippen LogP contribution is -2.20. The number of hydrogen-bond acceptors (Lipinski definition) is 2. The molecule has 11 heavy (non-hydrogen) atoms. The van der Waals surface area contributed by atoms with Crippen molar-refractivity contribution in [1.29, 1.82) is 0 Å². The molecule has 4 N–H and O–H groups in total. The molecule has 4 heteroatoms. The Morgan fingerprint density at radius 2 is 1.73 bits per heavy atom. The fraction of sp³-hybridized carbons (Fsp3) is 0.429. The van der Waals surface area contributed by atoms with Crippen LogP contribution in [0.2, 0.25) is 0 Å². The summed E-state index contributed by atoms with van der Waals surface area (Å²) in [5.41, 5.74) is 10.1. The third-order valence-corrected chi connectivity index (χ3v) is 1.20. The molecule has 0 saturated heterocycles. The number of primary amides is 2. The van der Waals surface area contributed by atoms with Crippen molar-refractivity contribution in [3.8, 4) is 0 Å². The Morgan fingerprint density at radius 3 is 1.82 bits per heavy atom. The summed E-state index contributed by atoms with van der Waals surface area (Å²) in [6, 6.07) is 0. The molecule has 0 unspecified atom stereocenters. The van der Waals surface area contributed by atoms with Crippen LogP contribution in [0.4, 0.5) is 0 Å². The molecule has 0 spiro atoms. The normalized spacial score (nSPS) is 11.7. The lowest BCUT2D eigenvalue weighted by Gasteiger charge is -2.04. The zero-order valence-electron chi connectivity index (χ0n) is 6.63. The average molecular weight is 156 g/mol. The van der Waals surface area contributed by atoms with E-state index in [0.29, 0.717) is 0 Å². The Hall–Kier alpha value is -1.32. The van der Waals surface area contributed by atoms with Gasteiger partial charge in [0.15, 0.2) is 0 Å². The van der Waals surface area contributed by atoms with Crippen molar-refractivity contribution >= 4 is 11.8 Å². The third kappa shape index (κ3) is 3.40. The number of carbonyl (C=O) groups is 2. The fourth-order valence-corrected chi connectivity index (χ4v) is 0.676. The minimum absolute atomic E-state index is 0.0694. The van der Waals surface area contributed by atoms with Gasteiger partial charge in [-0.05, 0) is 5.92 Å². The smallest absolute Gasteiger partial charge is 0.245 e. The van der Waals surface area contributed by atoms with Crippen molar-refractivity contribution in [2.75, 3.05) is 0 Å². The standard InChI is InChI=1S/C7H12N2O2/c1-4(2)5(7(9)11)3-6(8)10/h3-4H,1-2H3,(H2,8,10)(H2,9,11)/b5-3+. The molecule has 0 atom stereocenters. The van der Waals surface area contributed by atoms with Crippen LogP contribution in [0.3, 0.4) is 0 Å². The number of carbonyl (C=O) groups excluding carboxylic acids is 2. The van der Waals surface area contributed by atoms with E-state index < -0.39 is 11.8 Å². The zero-order valence-corrected chi connectivity index (χ0v) is 6.63. The van der Waals surface area contributed by atoms with Gasteiger partial charge in [-0.1, -0.05) is 13.8 Å². The topological polar surface area (TPSA) is 86.2 Å². The first kappa shape index (κ1) is 9.68. The molecule has 0 bridgehead atoms. The van der Waals surface area contributed by atoms with E-state index in [9.17, 15) is 9.59 Å². The highest BCUT2D eigenvalue weighted by molar-refractivity contribution is 5.99. The molecule has 0 heterocycles. The fourth-order valence-electron chi connectivity index (χ4n) is 0.676. The monoisotopic (exact) mass is 156 g/mol. The summed E-state index contributed by atoms with van der Waals surface area (Å²) in [5, 5.41) is 0. The van der Waals surface area contributed by atoms with Crippen molar-refractivity contribution in [3.05, 3.63) is 11.6 Å². The van der Waals surface area contributed by atoms with Crippen LogP contribution in [0.25, 0.3) is 0 Å². The maximum Gasteiger partial charge on any atom is 0.245 e. The molecule has 0 aromatic heterocycles. The van der Waals surface area contributed by atoms with Gasteiger partial charge in [0.25, 0.3) is 0 Å². The van der Waals surface area contributed by atoms with E-state index in [0.717, 1.165) is 6.08 Å². The van der Waals surface area contributed by atoms with Crippen molar-refractivity contribution in [3.63, 3.8) is 0 Å². The SMILES string of the molecule is CC(C)/C(=C\C(N)=O)C(N)=O. The molecule has 0 rings (SSSR count). The highest BCUT2D eigenvalue weighted by atomic mass is 16.1. The summed E-state index contributed by atoms with van der Waals surface area (Å²) in [6.07, 6.45) is 1.06. The zero-order chi connectivity index (χ0) is 9.02. The van der Waals surface area contributed by atoms with Crippen LogP contribution in [-0.2, 0) is 9.59 Å². The predicted octanol–water partition coefficient (Wildman–Crippen LogP) is -0.461. The van der Waals surface area contributed by atoms with E-state index in [1.54, 1.807) is 13.8 Å². The molecule has 62 valence electrons. The molecule has 0 aliphatic heterocycles. The van der Waals surface area contributed by atoms with Crippen LogP contribution in [-0.4, -0.2) is 11.8 Å². The minimum atomic E-state index is -0.646. The maximum absolute atomic E-state index is 10.6. The molecule has 0 radical (unpaired) electrons. The molecule has 2 amide bonds. The van der Waals surface area contributed by atoms with Crippen molar-refractivity contribution < 1.29 is 9.59 Å². The Balaban J connectivity index is 4.60. The summed E-state index contributed by atoms with van der Waals surface area (Å²) >= 11 is 0. The summed E-state index contributed by atoms with van der Waals surface area (Å²) in [5.74, 6) is -1.31. The highest BCUT2D eigenvalue weighted by Gasteiger charge is 2.09. The molecule has 0 saturated carbocycles. The third-order valence-electron chi connectivity index (χ3n) is 1.20. The molecule has 0 aromatic rings. The van der Waals surface area contributed by atoms with Gasteiger partial charge in [-0.3, -0.25) is 9.59 Å². The van der Waals surface area contributed by atoms with E-state index in [4.69, 9.17) is 11.5 Å². The number of rotatable bonds is 3. The molecular formula is C7H12N2O2. The Morgan fingerprint density at radius 1 is 1.27 bits per heavy atom. The molecule has 0 aliphatic carbocycles. The first-order valence-corrected chi connectivity index (χ1v) is 3.26. The van der Waals surface area contributed by atoms with Gasteiger partial charge in [-0.2, -0.15) is 0 Å². The molecule has 4 nitrogen and oxygen atoms in total. The average Bonchev–Trinajstić information content (AvgIpc) is 1.81. The lowest BCUT2D eigenvalue weighted by atomic mass is 10.0. The lowest BCUT2D eigenvalue weighted by molar-refractivity contribution is -0.116. The predicted molar refractivity (Wildman–Crippen MR) is 41.3 cm³/mol. The summed E-state index contributed by atoms with van der Waals surface area (Å²) in [7, 11) is 0. The van der Waals surface area contributed by atoms with Crippen LogP contribution in [0.15, 0.2) is 11.6 Å². The Bertz CT molecular complexity index is 206. The number of amides is 2. The Kier molecular flexibility index (Phi) is 3.30. The second-order valence-corrected chi connectivity index (χ2v) is 2.52. The first-order valence-electron chi connectivity index (χ1n) is 3.26. The highest BCUT2D eigenvalue weighted by Crippen LogP contribution is 2.07. The summed E-state index contributed by atoms with van der Waals surface area (Å²) in [4.78, 5) is 21.0. The van der Waals surface area contributed by atoms with Gasteiger partial charge in [0, 0.05) is 11.6 Å². The van der Waals surface area contributed by atoms with Gasteiger partial charge in [-0.15, -0.1) is 0 Å². The van der Waals surface area contributed by atoms with Crippen LogP contribution < -0.4 is 11.5 Å². The van der Waals surface area contributed by atoms with E-state index in [1.807, 2.05) is 0 Å². The molecule has 0 aromatic carbocycles. The van der Waals surface area contributed by atoms with Crippen LogP contribution in [0.5, 0.6) is 0 Å². The van der Waals surface area contributed by atoms with Crippen molar-refractivity contribution in [2.45, 2.75) is 13.8 Å². The van der Waals surface area contributed by atoms with Crippen LogP contribution >= 0.6 is 0 Å². The van der Waals surface area contributed by atoms with Gasteiger partial charge in [0.05, 0.1) is 0 Å². The number of hydrogen-bond donors (Lipinski definition) is 2. The quantitative estimate of drug-likeness (QED) is 0.542. The van der Waals surface area contributed by atoms with Gasteiger partial charge < -0.3 is 11.5 Å².